The average Bonchev–Trinajstić information content (AvgIpc) is 3.00. The van der Waals surface area contributed by atoms with Crippen LogP contribution in [0.5, 0.6) is 11.5 Å². The van der Waals surface area contributed by atoms with Gasteiger partial charge in [0.05, 0.1) is 6.20 Å². The Morgan fingerprint density at radius 2 is 2.10 bits per heavy atom. The predicted molar refractivity (Wildman–Crippen MR) is 72.8 cm³/mol. The maximum absolute atomic E-state index is 12.3. The number of para-hydroxylation sites is 1. The number of hydrogen-bond donors (Lipinski definition) is 1. The first-order valence-electron chi connectivity index (χ1n) is 6.43. The smallest absolute Gasteiger partial charge is 0.244 e. The molecule has 1 aliphatic heterocycles. The number of nitrogens with one attached hydrogen (secondary N) is 1. The molecule has 0 atom stereocenters. The van der Waals surface area contributed by atoms with Gasteiger partial charge in [0.2, 0.25) is 10.0 Å². The molecule has 0 saturated heterocycles. The van der Waals surface area contributed by atoms with Crippen LogP contribution in [0.3, 0.4) is 0 Å². The van der Waals surface area contributed by atoms with E-state index in [4.69, 9.17) is 14.0 Å². The zero-order valence-corrected chi connectivity index (χ0v) is 11.9. The molecule has 0 unspecified atom stereocenters. The van der Waals surface area contributed by atoms with E-state index in [2.05, 4.69) is 9.88 Å². The van der Waals surface area contributed by atoms with Crippen molar-refractivity contribution in [3.8, 4) is 11.5 Å². The molecule has 0 aliphatic carbocycles. The van der Waals surface area contributed by atoms with Gasteiger partial charge in [-0.3, -0.25) is 0 Å². The minimum atomic E-state index is -3.66. The fourth-order valence-electron chi connectivity index (χ4n) is 2.02. The second kappa shape index (κ2) is 5.74. The predicted octanol–water partition coefficient (Wildman–Crippen LogP) is 0.967. The largest absolute Gasteiger partial charge is 0.486 e. The van der Waals surface area contributed by atoms with E-state index in [9.17, 15) is 8.42 Å². The lowest BCUT2D eigenvalue weighted by molar-refractivity contribution is 0.167. The second-order valence-electron chi connectivity index (χ2n) is 4.46. The first kappa shape index (κ1) is 13.9. The zero-order chi connectivity index (χ0) is 14.7. The lowest BCUT2D eigenvalue weighted by Crippen LogP contribution is -2.27. The number of aromatic nitrogens is 1. The van der Waals surface area contributed by atoms with Gasteiger partial charge in [-0.2, -0.15) is 0 Å². The zero-order valence-electron chi connectivity index (χ0n) is 11.1. The minimum Gasteiger partial charge on any atom is -0.486 e. The van der Waals surface area contributed by atoms with Gasteiger partial charge in [0, 0.05) is 12.1 Å². The molecule has 3 rings (SSSR count). The van der Waals surface area contributed by atoms with Crippen LogP contribution in [0.25, 0.3) is 0 Å². The maximum Gasteiger partial charge on any atom is 0.244 e. The normalized spacial score (nSPS) is 14.1. The molecule has 2 aromatic rings. The molecule has 1 aromatic heterocycles. The van der Waals surface area contributed by atoms with Crippen molar-refractivity contribution < 1.29 is 22.4 Å². The summed E-state index contributed by atoms with van der Waals surface area (Å²) < 4.78 is 42.7. The first-order valence-corrected chi connectivity index (χ1v) is 7.92. The number of nitrogens with zero attached hydrogens (tertiary/aromatic N) is 1. The highest BCUT2D eigenvalue weighted by molar-refractivity contribution is 7.89. The molecule has 0 spiro atoms. The third-order valence-electron chi connectivity index (χ3n) is 3.01. The third-order valence-corrected chi connectivity index (χ3v) is 4.49. The molecule has 0 amide bonds. The van der Waals surface area contributed by atoms with Crippen molar-refractivity contribution in [2.45, 2.75) is 11.3 Å². The summed E-state index contributed by atoms with van der Waals surface area (Å²) in [5, 5.41) is 3.56. The maximum atomic E-state index is 12.3. The molecule has 1 aliphatic rings. The van der Waals surface area contributed by atoms with Gasteiger partial charge >= 0.3 is 0 Å². The number of ether oxygens (including phenoxy) is 2. The monoisotopic (exact) mass is 310 g/mol. The van der Waals surface area contributed by atoms with Gasteiger partial charge in [-0.05, 0) is 18.6 Å². The first-order chi connectivity index (χ1) is 10.2. The Kier molecular flexibility index (Phi) is 3.80. The van der Waals surface area contributed by atoms with Crippen molar-refractivity contribution in [2.24, 2.45) is 0 Å². The molecule has 1 aromatic carbocycles. The highest BCUT2D eigenvalue weighted by atomic mass is 32.2. The van der Waals surface area contributed by atoms with E-state index in [1.54, 1.807) is 18.3 Å². The summed E-state index contributed by atoms with van der Waals surface area (Å²) in [7, 11) is -3.66. The van der Waals surface area contributed by atoms with Gasteiger partial charge in [-0.15, -0.1) is 0 Å². The van der Waals surface area contributed by atoms with Crippen LogP contribution in [0, 0.1) is 0 Å². The van der Waals surface area contributed by atoms with E-state index >= 15 is 0 Å². The Bertz CT molecular complexity index is 712. The SMILES string of the molecule is O=S(=O)(NCCc1cnoc1)c1cccc2c1OCCO2. The Hall–Kier alpha value is -2.06. The summed E-state index contributed by atoms with van der Waals surface area (Å²) in [6.07, 6.45) is 3.53. The van der Waals surface area contributed by atoms with Crippen molar-refractivity contribution in [1.82, 2.24) is 9.88 Å². The van der Waals surface area contributed by atoms with Gasteiger partial charge < -0.3 is 14.0 Å². The highest BCUT2D eigenvalue weighted by Crippen LogP contribution is 2.36. The molecule has 0 saturated carbocycles. The van der Waals surface area contributed by atoms with Crippen molar-refractivity contribution in [1.29, 1.82) is 0 Å². The number of hydrogen-bond acceptors (Lipinski definition) is 6. The number of sulfonamides is 1. The summed E-state index contributed by atoms with van der Waals surface area (Å²) in [5.41, 5.74) is 0.826. The summed E-state index contributed by atoms with van der Waals surface area (Å²) in [4.78, 5) is 0.0880. The molecule has 112 valence electrons. The van der Waals surface area contributed by atoms with E-state index in [0.717, 1.165) is 5.56 Å². The van der Waals surface area contributed by atoms with Crippen molar-refractivity contribution in [2.75, 3.05) is 19.8 Å². The summed E-state index contributed by atoms with van der Waals surface area (Å²) in [6.45, 7) is 0.992. The molecule has 7 nitrogen and oxygen atoms in total. The van der Waals surface area contributed by atoms with Crippen LogP contribution >= 0.6 is 0 Å². The average molecular weight is 310 g/mol. The van der Waals surface area contributed by atoms with Crippen molar-refractivity contribution in [3.05, 3.63) is 36.2 Å². The van der Waals surface area contributed by atoms with Gasteiger partial charge in [-0.1, -0.05) is 11.2 Å². The lowest BCUT2D eigenvalue weighted by Gasteiger charge is -2.20. The Morgan fingerprint density at radius 1 is 1.24 bits per heavy atom. The molecular weight excluding hydrogens is 296 g/mol. The van der Waals surface area contributed by atoms with Gasteiger partial charge in [0.1, 0.15) is 24.4 Å². The van der Waals surface area contributed by atoms with E-state index in [1.165, 1.54) is 12.3 Å². The Morgan fingerprint density at radius 3 is 2.90 bits per heavy atom. The fraction of sp³-hybridized carbons (Fsp3) is 0.308. The summed E-state index contributed by atoms with van der Waals surface area (Å²) >= 11 is 0. The van der Waals surface area contributed by atoms with Crippen LogP contribution in [-0.4, -0.2) is 33.3 Å². The Balaban J connectivity index is 1.75. The topological polar surface area (TPSA) is 90.7 Å². The Labute approximate surface area is 121 Å². The number of benzene rings is 1. The van der Waals surface area contributed by atoms with Crippen LogP contribution in [0.1, 0.15) is 5.56 Å². The van der Waals surface area contributed by atoms with E-state index in [0.29, 0.717) is 25.4 Å². The standard InChI is InChI=1S/C13H14N2O5S/c16-21(17,15-5-4-10-8-14-20-9-10)12-3-1-2-11-13(12)19-7-6-18-11/h1-3,8-9,15H,4-7H2. The van der Waals surface area contributed by atoms with Gasteiger partial charge in [0.25, 0.3) is 0 Å². The van der Waals surface area contributed by atoms with Crippen LogP contribution in [0.2, 0.25) is 0 Å². The lowest BCUT2D eigenvalue weighted by atomic mass is 10.3. The van der Waals surface area contributed by atoms with E-state index in [1.807, 2.05) is 0 Å². The summed E-state index contributed by atoms with van der Waals surface area (Å²) in [6, 6.07) is 4.81. The molecule has 8 heteroatoms. The summed E-state index contributed by atoms with van der Waals surface area (Å²) in [5.74, 6) is 0.712. The third kappa shape index (κ3) is 3.01. The molecular formula is C13H14N2O5S. The van der Waals surface area contributed by atoms with Gasteiger partial charge in [-0.25, -0.2) is 13.1 Å². The highest BCUT2D eigenvalue weighted by Gasteiger charge is 2.24. The van der Waals surface area contributed by atoms with Crippen molar-refractivity contribution in [3.63, 3.8) is 0 Å². The number of fused-ring (bicyclic) bond motifs is 1. The van der Waals surface area contributed by atoms with Crippen LogP contribution in [0.15, 0.2) is 40.1 Å². The number of rotatable bonds is 5. The minimum absolute atomic E-state index is 0.0880. The molecule has 21 heavy (non-hydrogen) atoms. The fourth-order valence-corrected chi connectivity index (χ4v) is 3.20. The van der Waals surface area contributed by atoms with Crippen molar-refractivity contribution >= 4 is 10.0 Å². The molecule has 0 fully saturated rings. The van der Waals surface area contributed by atoms with Gasteiger partial charge in [0.15, 0.2) is 11.5 Å². The molecule has 0 bridgehead atoms. The molecule has 0 radical (unpaired) electrons. The van der Waals surface area contributed by atoms with E-state index < -0.39 is 10.0 Å². The van der Waals surface area contributed by atoms with Crippen LogP contribution in [-0.2, 0) is 16.4 Å². The molecule has 2 heterocycles. The second-order valence-corrected chi connectivity index (χ2v) is 6.20. The quantitative estimate of drug-likeness (QED) is 0.885. The van der Waals surface area contributed by atoms with Crippen LogP contribution in [0.4, 0.5) is 0 Å². The molecule has 1 N–H and O–H groups in total. The van der Waals surface area contributed by atoms with Crippen LogP contribution < -0.4 is 14.2 Å². The van der Waals surface area contributed by atoms with E-state index in [-0.39, 0.29) is 17.2 Å².